The highest BCUT2D eigenvalue weighted by Gasteiger charge is 2.34. The van der Waals surface area contributed by atoms with Crippen LogP contribution in [0.1, 0.15) is 84.5 Å². The van der Waals surface area contributed by atoms with E-state index in [0.717, 1.165) is 19.8 Å². The minimum Gasteiger partial charge on any atom is -0.373 e. The van der Waals surface area contributed by atoms with Crippen LogP contribution < -0.4 is 0 Å². The fourth-order valence-electron chi connectivity index (χ4n) is 2.07. The van der Waals surface area contributed by atoms with Crippen LogP contribution in [0.25, 0.3) is 0 Å². The van der Waals surface area contributed by atoms with Gasteiger partial charge in [-0.15, -0.1) is 0 Å². The Morgan fingerprint density at radius 1 is 0.842 bits per heavy atom. The van der Waals surface area contributed by atoms with Gasteiger partial charge >= 0.3 is 0 Å². The fraction of sp³-hybridized carbons (Fsp3) is 1.00. The topological polar surface area (TPSA) is 74.6 Å². The number of hydrogen-bond acceptors (Lipinski definition) is 3. The Bertz CT molecular complexity index is 309. The number of hydrogen-bond donors (Lipinski definition) is 2. The molecule has 0 saturated carbocycles. The third-order valence-corrected chi connectivity index (χ3v) is 4.87. The molecule has 0 aromatic heterocycles. The first-order valence-corrected chi connectivity index (χ1v) is 8.94. The summed E-state index contributed by atoms with van der Waals surface area (Å²) in [7, 11) is -4.36. The maximum atomic E-state index is 10.8. The first-order valence-electron chi connectivity index (χ1n) is 7.50. The zero-order valence-electron chi connectivity index (χ0n) is 12.4. The molecule has 19 heavy (non-hydrogen) atoms. The predicted octanol–water partition coefficient (Wildman–Crippen LogP) is 3.89. The lowest BCUT2D eigenvalue weighted by Crippen LogP contribution is -2.34. The van der Waals surface area contributed by atoms with Gasteiger partial charge in [-0.25, -0.2) is 0 Å². The number of unbranched alkanes of at least 4 members (excludes halogenated alkanes) is 9. The second kappa shape index (κ2) is 9.72. The SMILES string of the molecule is CCCCCCCCCCCCC(C)(O)S(=O)(=O)O. The maximum absolute atomic E-state index is 10.8. The third-order valence-electron chi connectivity index (χ3n) is 3.55. The summed E-state index contributed by atoms with van der Waals surface area (Å²) < 4.78 is 30.5. The van der Waals surface area contributed by atoms with Gasteiger partial charge in [-0.2, -0.15) is 8.42 Å². The zero-order chi connectivity index (χ0) is 14.8. The minimum absolute atomic E-state index is 0.0995. The average molecular weight is 294 g/mol. The molecule has 5 heteroatoms. The highest BCUT2D eigenvalue weighted by atomic mass is 32.2. The van der Waals surface area contributed by atoms with Crippen molar-refractivity contribution in [3.05, 3.63) is 0 Å². The first kappa shape index (κ1) is 18.9. The predicted molar refractivity (Wildman–Crippen MR) is 78.6 cm³/mol. The van der Waals surface area contributed by atoms with Crippen LogP contribution in [-0.2, 0) is 10.1 Å². The lowest BCUT2D eigenvalue weighted by atomic mass is 10.0. The Hall–Kier alpha value is -0.130. The van der Waals surface area contributed by atoms with Gasteiger partial charge in [0.05, 0.1) is 0 Å². The van der Waals surface area contributed by atoms with Crippen LogP contribution in [0.15, 0.2) is 0 Å². The van der Waals surface area contributed by atoms with Crippen molar-refractivity contribution in [1.29, 1.82) is 0 Å². The second-order valence-electron chi connectivity index (χ2n) is 5.58. The summed E-state index contributed by atoms with van der Waals surface area (Å²) in [6.07, 6.45) is 11.6. The molecule has 0 radical (unpaired) electrons. The standard InChI is InChI=1S/C14H30O4S/c1-3-4-5-6-7-8-9-10-11-12-13-14(2,15)19(16,17)18/h15H,3-13H2,1-2H3,(H,16,17,18). The lowest BCUT2D eigenvalue weighted by molar-refractivity contribution is 0.119. The van der Waals surface area contributed by atoms with Crippen molar-refractivity contribution in [3.8, 4) is 0 Å². The van der Waals surface area contributed by atoms with Gasteiger partial charge in [-0.3, -0.25) is 4.55 Å². The van der Waals surface area contributed by atoms with Crippen molar-refractivity contribution in [2.24, 2.45) is 0 Å². The lowest BCUT2D eigenvalue weighted by Gasteiger charge is -2.19. The van der Waals surface area contributed by atoms with E-state index < -0.39 is 15.1 Å². The van der Waals surface area contributed by atoms with Crippen LogP contribution in [0.2, 0.25) is 0 Å². The van der Waals surface area contributed by atoms with Gasteiger partial charge < -0.3 is 5.11 Å². The molecule has 4 nitrogen and oxygen atoms in total. The Morgan fingerprint density at radius 3 is 1.58 bits per heavy atom. The van der Waals surface area contributed by atoms with E-state index >= 15 is 0 Å². The van der Waals surface area contributed by atoms with Crippen molar-refractivity contribution < 1.29 is 18.1 Å². The zero-order valence-corrected chi connectivity index (χ0v) is 13.2. The monoisotopic (exact) mass is 294 g/mol. The average Bonchev–Trinajstić information content (AvgIpc) is 2.30. The normalized spacial score (nSPS) is 15.4. The largest absolute Gasteiger partial charge is 0.373 e. The molecule has 0 aromatic carbocycles. The van der Waals surface area contributed by atoms with E-state index in [1.807, 2.05) is 0 Å². The van der Waals surface area contributed by atoms with Gasteiger partial charge in [-0.05, 0) is 19.8 Å². The van der Waals surface area contributed by atoms with Crippen molar-refractivity contribution >= 4 is 10.1 Å². The molecular weight excluding hydrogens is 264 g/mol. The molecule has 116 valence electrons. The summed E-state index contributed by atoms with van der Waals surface area (Å²) in [5.41, 5.74) is 0. The fourth-order valence-corrected chi connectivity index (χ4v) is 2.47. The van der Waals surface area contributed by atoms with E-state index in [1.165, 1.54) is 44.9 Å². The second-order valence-corrected chi connectivity index (χ2v) is 7.41. The number of rotatable bonds is 12. The van der Waals surface area contributed by atoms with Gasteiger partial charge in [0.25, 0.3) is 10.1 Å². The summed E-state index contributed by atoms with van der Waals surface area (Å²) in [6, 6.07) is 0. The van der Waals surface area contributed by atoms with Gasteiger partial charge in [0.2, 0.25) is 0 Å². The minimum atomic E-state index is -4.36. The molecule has 0 aromatic rings. The van der Waals surface area contributed by atoms with Crippen molar-refractivity contribution in [3.63, 3.8) is 0 Å². The molecule has 0 aliphatic heterocycles. The van der Waals surface area contributed by atoms with Gasteiger partial charge in [0.1, 0.15) is 0 Å². The van der Waals surface area contributed by atoms with Crippen molar-refractivity contribution in [2.45, 2.75) is 89.4 Å². The van der Waals surface area contributed by atoms with Gasteiger partial charge in [-0.1, -0.05) is 64.7 Å². The van der Waals surface area contributed by atoms with E-state index in [9.17, 15) is 13.5 Å². The van der Waals surface area contributed by atoms with Crippen LogP contribution in [0, 0.1) is 0 Å². The first-order chi connectivity index (χ1) is 8.81. The van der Waals surface area contributed by atoms with Gasteiger partial charge in [0.15, 0.2) is 4.93 Å². The van der Waals surface area contributed by atoms with Crippen LogP contribution in [0.3, 0.4) is 0 Å². The van der Waals surface area contributed by atoms with Gasteiger partial charge in [0, 0.05) is 0 Å². The van der Waals surface area contributed by atoms with E-state index in [2.05, 4.69) is 6.92 Å². The third kappa shape index (κ3) is 9.41. The van der Waals surface area contributed by atoms with E-state index in [4.69, 9.17) is 4.55 Å². The van der Waals surface area contributed by atoms with E-state index in [-0.39, 0.29) is 6.42 Å². The molecular formula is C14H30O4S. The highest BCUT2D eigenvalue weighted by Crippen LogP contribution is 2.20. The molecule has 0 bridgehead atoms. The Labute approximate surface area is 118 Å². The Kier molecular flexibility index (Phi) is 9.66. The molecule has 1 atom stereocenters. The molecule has 0 aliphatic rings. The van der Waals surface area contributed by atoms with E-state index in [0.29, 0.717) is 6.42 Å². The maximum Gasteiger partial charge on any atom is 0.294 e. The molecule has 0 fully saturated rings. The molecule has 1 unspecified atom stereocenters. The van der Waals surface area contributed by atoms with Crippen LogP contribution in [-0.4, -0.2) is 23.0 Å². The summed E-state index contributed by atoms with van der Waals surface area (Å²) >= 11 is 0. The summed E-state index contributed by atoms with van der Waals surface area (Å²) in [4.78, 5) is -1.99. The molecule has 2 N–H and O–H groups in total. The summed E-state index contributed by atoms with van der Waals surface area (Å²) in [5.74, 6) is 0. The molecule has 0 rings (SSSR count). The quantitative estimate of drug-likeness (QED) is 0.423. The molecule has 0 saturated heterocycles. The van der Waals surface area contributed by atoms with Crippen LogP contribution in [0.5, 0.6) is 0 Å². The number of aliphatic hydroxyl groups is 1. The van der Waals surface area contributed by atoms with Crippen LogP contribution in [0.4, 0.5) is 0 Å². The molecule has 0 amide bonds. The van der Waals surface area contributed by atoms with Crippen LogP contribution >= 0.6 is 0 Å². The Morgan fingerprint density at radius 2 is 1.21 bits per heavy atom. The smallest absolute Gasteiger partial charge is 0.294 e. The molecule has 0 spiro atoms. The summed E-state index contributed by atoms with van der Waals surface area (Å²) in [6.45, 7) is 3.36. The molecule has 0 aliphatic carbocycles. The van der Waals surface area contributed by atoms with Crippen molar-refractivity contribution in [1.82, 2.24) is 0 Å². The van der Waals surface area contributed by atoms with Crippen molar-refractivity contribution in [2.75, 3.05) is 0 Å². The van der Waals surface area contributed by atoms with E-state index in [1.54, 1.807) is 0 Å². The highest BCUT2D eigenvalue weighted by molar-refractivity contribution is 7.87. The Balaban J connectivity index is 3.42. The summed E-state index contributed by atoms with van der Waals surface area (Å²) in [5, 5.41) is 9.54. The molecule has 0 heterocycles.